The molecule has 0 aromatic heterocycles. The number of hydrogen-bond acceptors (Lipinski definition) is 2. The van der Waals surface area contributed by atoms with Crippen LogP contribution >= 0.6 is 15.9 Å². The van der Waals surface area contributed by atoms with Gasteiger partial charge in [0.1, 0.15) is 5.75 Å². The normalized spacial score (nSPS) is 10.7. The number of fused-ring (bicyclic) bond motifs is 1. The first kappa shape index (κ1) is 13.0. The van der Waals surface area contributed by atoms with Gasteiger partial charge in [0.2, 0.25) is 0 Å². The predicted molar refractivity (Wildman–Crippen MR) is 87.1 cm³/mol. The highest BCUT2D eigenvalue weighted by atomic mass is 79.9. The molecule has 0 atom stereocenters. The number of nitrogens with one attached hydrogen (secondary N) is 1. The molecule has 0 radical (unpaired) electrons. The standard InChI is InChI=1S/C17H14BrNO/c18-13-9-7-12(8-10-13)11-19-16-5-1-4-15-14(16)3-2-6-17(15)20/h1-10,19-20H,11H2. The minimum Gasteiger partial charge on any atom is -0.507 e. The maximum absolute atomic E-state index is 9.88. The Morgan fingerprint density at radius 2 is 1.55 bits per heavy atom. The Bertz CT molecular complexity index is 738. The molecule has 100 valence electrons. The van der Waals surface area contributed by atoms with Gasteiger partial charge in [-0.2, -0.15) is 0 Å². The van der Waals surface area contributed by atoms with Crippen molar-refractivity contribution in [2.75, 3.05) is 5.32 Å². The number of phenols is 1. The second-order valence-corrected chi connectivity index (χ2v) is 5.57. The summed E-state index contributed by atoms with van der Waals surface area (Å²) in [5.74, 6) is 0.315. The van der Waals surface area contributed by atoms with Crippen molar-refractivity contribution in [3.8, 4) is 5.75 Å². The summed E-state index contributed by atoms with van der Waals surface area (Å²) in [4.78, 5) is 0. The van der Waals surface area contributed by atoms with Gasteiger partial charge in [-0.25, -0.2) is 0 Å². The van der Waals surface area contributed by atoms with E-state index in [1.165, 1.54) is 5.56 Å². The van der Waals surface area contributed by atoms with E-state index in [1.807, 2.05) is 42.5 Å². The van der Waals surface area contributed by atoms with Crippen molar-refractivity contribution < 1.29 is 5.11 Å². The molecule has 0 spiro atoms. The third-order valence-electron chi connectivity index (χ3n) is 3.30. The fourth-order valence-electron chi connectivity index (χ4n) is 2.25. The average molecular weight is 328 g/mol. The Labute approximate surface area is 126 Å². The Hall–Kier alpha value is -2.00. The molecule has 0 aliphatic rings. The summed E-state index contributed by atoms with van der Waals surface area (Å²) in [6.45, 7) is 0.752. The summed E-state index contributed by atoms with van der Waals surface area (Å²) in [7, 11) is 0. The molecular weight excluding hydrogens is 314 g/mol. The van der Waals surface area contributed by atoms with E-state index in [2.05, 4.69) is 33.4 Å². The summed E-state index contributed by atoms with van der Waals surface area (Å²) < 4.78 is 1.08. The van der Waals surface area contributed by atoms with Gasteiger partial charge in [-0.1, -0.05) is 52.3 Å². The molecule has 0 saturated carbocycles. The quantitative estimate of drug-likeness (QED) is 0.715. The highest BCUT2D eigenvalue weighted by Crippen LogP contribution is 2.30. The molecular formula is C17H14BrNO. The van der Waals surface area contributed by atoms with Crippen LogP contribution in [-0.2, 0) is 6.54 Å². The van der Waals surface area contributed by atoms with Crippen molar-refractivity contribution in [3.63, 3.8) is 0 Å². The monoisotopic (exact) mass is 327 g/mol. The molecule has 0 aliphatic carbocycles. The van der Waals surface area contributed by atoms with Crippen LogP contribution in [0, 0.1) is 0 Å². The summed E-state index contributed by atoms with van der Waals surface area (Å²) in [6, 6.07) is 19.7. The van der Waals surface area contributed by atoms with Crippen LogP contribution in [0.15, 0.2) is 65.1 Å². The number of hydrogen-bond donors (Lipinski definition) is 2. The molecule has 3 aromatic carbocycles. The zero-order valence-corrected chi connectivity index (χ0v) is 12.4. The van der Waals surface area contributed by atoms with Crippen molar-refractivity contribution >= 4 is 32.4 Å². The number of halogens is 1. The van der Waals surface area contributed by atoms with Crippen LogP contribution in [0.3, 0.4) is 0 Å². The highest BCUT2D eigenvalue weighted by Gasteiger charge is 2.03. The van der Waals surface area contributed by atoms with Gasteiger partial charge in [-0.05, 0) is 29.8 Å². The maximum Gasteiger partial charge on any atom is 0.123 e. The lowest BCUT2D eigenvalue weighted by molar-refractivity contribution is 0.481. The molecule has 0 aliphatic heterocycles. The summed E-state index contributed by atoms with van der Waals surface area (Å²) in [5, 5.41) is 15.2. The summed E-state index contributed by atoms with van der Waals surface area (Å²) in [5.41, 5.74) is 2.24. The molecule has 3 heteroatoms. The van der Waals surface area contributed by atoms with Crippen molar-refractivity contribution in [3.05, 3.63) is 70.7 Å². The third kappa shape index (κ3) is 2.63. The Kier molecular flexibility index (Phi) is 3.61. The molecule has 0 fully saturated rings. The second-order valence-electron chi connectivity index (χ2n) is 4.66. The lowest BCUT2D eigenvalue weighted by Gasteiger charge is -2.10. The van der Waals surface area contributed by atoms with Gasteiger partial charge in [0.05, 0.1) is 0 Å². The molecule has 3 aromatic rings. The SMILES string of the molecule is Oc1cccc2c(NCc3ccc(Br)cc3)cccc12. The van der Waals surface area contributed by atoms with Crippen LogP contribution in [0.25, 0.3) is 10.8 Å². The largest absolute Gasteiger partial charge is 0.507 e. The van der Waals surface area contributed by atoms with Crippen LogP contribution in [0.5, 0.6) is 5.75 Å². The maximum atomic E-state index is 9.88. The van der Waals surface area contributed by atoms with Crippen molar-refractivity contribution in [2.45, 2.75) is 6.54 Å². The van der Waals surface area contributed by atoms with Gasteiger partial charge < -0.3 is 10.4 Å². The van der Waals surface area contributed by atoms with E-state index in [1.54, 1.807) is 6.07 Å². The van der Waals surface area contributed by atoms with Gasteiger partial charge in [0.25, 0.3) is 0 Å². The van der Waals surface area contributed by atoms with Crippen molar-refractivity contribution in [2.24, 2.45) is 0 Å². The van der Waals surface area contributed by atoms with Crippen molar-refractivity contribution in [1.82, 2.24) is 0 Å². The number of phenolic OH excluding ortho intramolecular Hbond substituents is 1. The van der Waals surface area contributed by atoms with Crippen LogP contribution in [0.4, 0.5) is 5.69 Å². The number of benzene rings is 3. The first-order valence-electron chi connectivity index (χ1n) is 6.43. The fourth-order valence-corrected chi connectivity index (χ4v) is 2.51. The third-order valence-corrected chi connectivity index (χ3v) is 3.82. The van der Waals surface area contributed by atoms with Gasteiger partial charge in [-0.3, -0.25) is 0 Å². The number of anilines is 1. The lowest BCUT2D eigenvalue weighted by Crippen LogP contribution is -1.99. The molecule has 0 heterocycles. The van der Waals surface area contributed by atoms with Crippen LogP contribution in [-0.4, -0.2) is 5.11 Å². The van der Waals surface area contributed by atoms with E-state index in [0.717, 1.165) is 27.5 Å². The molecule has 3 rings (SSSR count). The minimum atomic E-state index is 0.315. The van der Waals surface area contributed by atoms with Gasteiger partial charge in [-0.15, -0.1) is 0 Å². The van der Waals surface area contributed by atoms with E-state index >= 15 is 0 Å². The molecule has 0 bridgehead atoms. The molecule has 20 heavy (non-hydrogen) atoms. The first-order chi connectivity index (χ1) is 9.74. The van der Waals surface area contributed by atoms with Crippen LogP contribution < -0.4 is 5.32 Å². The highest BCUT2D eigenvalue weighted by molar-refractivity contribution is 9.10. The van der Waals surface area contributed by atoms with Gasteiger partial charge in [0.15, 0.2) is 0 Å². The predicted octanol–water partition coefficient (Wildman–Crippen LogP) is 4.92. The minimum absolute atomic E-state index is 0.315. The molecule has 0 saturated heterocycles. The Morgan fingerprint density at radius 1 is 0.850 bits per heavy atom. The van der Waals surface area contributed by atoms with E-state index < -0.39 is 0 Å². The summed E-state index contributed by atoms with van der Waals surface area (Å²) in [6.07, 6.45) is 0. The fraction of sp³-hybridized carbons (Fsp3) is 0.0588. The Morgan fingerprint density at radius 3 is 2.35 bits per heavy atom. The first-order valence-corrected chi connectivity index (χ1v) is 7.22. The molecule has 0 amide bonds. The molecule has 0 unspecified atom stereocenters. The van der Waals surface area contributed by atoms with E-state index in [0.29, 0.717) is 5.75 Å². The lowest BCUT2D eigenvalue weighted by atomic mass is 10.1. The zero-order valence-electron chi connectivity index (χ0n) is 10.8. The number of aromatic hydroxyl groups is 1. The van der Waals surface area contributed by atoms with Gasteiger partial charge >= 0.3 is 0 Å². The molecule has 2 N–H and O–H groups in total. The van der Waals surface area contributed by atoms with Crippen LogP contribution in [0.1, 0.15) is 5.56 Å². The van der Waals surface area contributed by atoms with Gasteiger partial charge in [0, 0.05) is 27.5 Å². The second kappa shape index (κ2) is 5.55. The van der Waals surface area contributed by atoms with E-state index in [9.17, 15) is 5.11 Å². The average Bonchev–Trinajstić information content (AvgIpc) is 2.47. The molecule has 2 nitrogen and oxygen atoms in total. The van der Waals surface area contributed by atoms with E-state index in [-0.39, 0.29) is 0 Å². The topological polar surface area (TPSA) is 32.3 Å². The van der Waals surface area contributed by atoms with Crippen LogP contribution in [0.2, 0.25) is 0 Å². The number of rotatable bonds is 3. The van der Waals surface area contributed by atoms with Crippen molar-refractivity contribution in [1.29, 1.82) is 0 Å². The zero-order chi connectivity index (χ0) is 13.9. The Balaban J connectivity index is 1.88. The van der Waals surface area contributed by atoms with E-state index in [4.69, 9.17) is 0 Å². The summed E-state index contributed by atoms with van der Waals surface area (Å²) >= 11 is 3.43. The smallest absolute Gasteiger partial charge is 0.123 e.